The van der Waals surface area contributed by atoms with Crippen LogP contribution in [0.5, 0.6) is 0 Å². The van der Waals surface area contributed by atoms with E-state index >= 15 is 0 Å². The van der Waals surface area contributed by atoms with Gasteiger partial charge in [0.15, 0.2) is 0 Å². The van der Waals surface area contributed by atoms with E-state index < -0.39 is 0 Å². The van der Waals surface area contributed by atoms with Gasteiger partial charge in [-0.3, -0.25) is 5.01 Å². The van der Waals surface area contributed by atoms with Crippen molar-refractivity contribution in [1.82, 2.24) is 5.01 Å². The largest absolute Gasteiger partial charge is 0.268 e. The van der Waals surface area contributed by atoms with Crippen molar-refractivity contribution in [3.05, 3.63) is 0 Å². The van der Waals surface area contributed by atoms with E-state index in [0.717, 1.165) is 11.8 Å². The summed E-state index contributed by atoms with van der Waals surface area (Å²) in [5.74, 6) is 2.09. The molecule has 0 aromatic carbocycles. The van der Waals surface area contributed by atoms with Crippen molar-refractivity contribution in [2.75, 3.05) is 0 Å². The van der Waals surface area contributed by atoms with E-state index in [1.807, 2.05) is 0 Å². The topological polar surface area (TPSA) is 28.0 Å². The van der Waals surface area contributed by atoms with E-state index in [-0.39, 0.29) is 5.54 Å². The van der Waals surface area contributed by atoms with Crippen LogP contribution < -0.4 is 0 Å². The van der Waals surface area contributed by atoms with Crippen molar-refractivity contribution < 1.29 is 0 Å². The van der Waals surface area contributed by atoms with Crippen LogP contribution >= 0.6 is 0 Å². The highest BCUT2D eigenvalue weighted by molar-refractivity contribution is 4.98. The lowest BCUT2D eigenvalue weighted by Crippen LogP contribution is -2.46. The summed E-state index contributed by atoms with van der Waals surface area (Å²) in [6, 6.07) is 1.07. The number of fused-ring (bicyclic) bond motifs is 2. The number of hydrogen-bond acceptors (Lipinski definition) is 3. The van der Waals surface area contributed by atoms with Crippen molar-refractivity contribution >= 4 is 0 Å². The van der Waals surface area contributed by atoms with Crippen molar-refractivity contribution in [2.45, 2.75) is 70.5 Å². The number of nitrogens with zero attached hydrogens (tertiary/aromatic N) is 3. The molecule has 1 heterocycles. The second kappa shape index (κ2) is 3.44. The lowest BCUT2D eigenvalue weighted by atomic mass is 9.91. The van der Waals surface area contributed by atoms with Gasteiger partial charge in [0, 0.05) is 0 Å². The van der Waals surface area contributed by atoms with Crippen LogP contribution in [0.15, 0.2) is 10.3 Å². The Bertz CT molecular complexity index is 305. The molecule has 0 spiro atoms. The highest BCUT2D eigenvalue weighted by atomic mass is 15.6. The summed E-state index contributed by atoms with van der Waals surface area (Å²) in [5.41, 5.74) is 0.130. The van der Waals surface area contributed by atoms with E-state index in [9.17, 15) is 0 Å². The van der Waals surface area contributed by atoms with Gasteiger partial charge >= 0.3 is 0 Å². The minimum absolute atomic E-state index is 0.130. The zero-order chi connectivity index (χ0) is 11.3. The molecule has 2 saturated carbocycles. The molecule has 0 bridgehead atoms. The summed E-state index contributed by atoms with van der Waals surface area (Å²) in [5, 5.41) is 11.2. The van der Waals surface area contributed by atoms with Gasteiger partial charge in [-0.15, -0.1) is 0 Å². The first-order valence-corrected chi connectivity index (χ1v) is 6.76. The highest BCUT2D eigenvalue weighted by Crippen LogP contribution is 2.49. The third kappa shape index (κ3) is 1.74. The maximum absolute atomic E-state index is 4.51. The van der Waals surface area contributed by atoms with Crippen LogP contribution in [0.3, 0.4) is 0 Å². The maximum Gasteiger partial charge on any atom is 0.0950 e. The highest BCUT2D eigenvalue weighted by Gasteiger charge is 2.44. The van der Waals surface area contributed by atoms with Crippen LogP contribution in [0.2, 0.25) is 0 Å². The predicted molar refractivity (Wildman–Crippen MR) is 64.1 cm³/mol. The van der Waals surface area contributed by atoms with Gasteiger partial charge in [0.1, 0.15) is 0 Å². The minimum atomic E-state index is 0.130. The van der Waals surface area contributed by atoms with E-state index in [2.05, 4.69) is 36.1 Å². The summed E-state index contributed by atoms with van der Waals surface area (Å²) < 4.78 is 0. The second-order valence-corrected chi connectivity index (χ2v) is 6.77. The molecular weight excluding hydrogens is 198 g/mol. The summed E-state index contributed by atoms with van der Waals surface area (Å²) in [6.07, 6.45) is 6.86. The fourth-order valence-corrected chi connectivity index (χ4v) is 3.41. The molecule has 3 rings (SSSR count). The Morgan fingerprint density at radius 2 is 1.69 bits per heavy atom. The normalized spacial score (nSPS) is 42.3. The van der Waals surface area contributed by atoms with Crippen LogP contribution in [-0.4, -0.2) is 22.6 Å². The Labute approximate surface area is 98.3 Å². The SMILES string of the molecule is CC(C)(C)N1N=NC2CC[C@@H]3C[C@@H]3CCC21. The standard InChI is InChI=1S/C13H23N3/c1-13(2,3)16-12-7-5-10-8-9(10)4-6-11(12)14-15-16/h9-12H,4-8H2,1-3H3/t9-,10+,11?,12?/m1/s1. The van der Waals surface area contributed by atoms with Gasteiger partial charge in [0.25, 0.3) is 0 Å². The molecule has 1 aliphatic heterocycles. The van der Waals surface area contributed by atoms with Crippen LogP contribution in [0, 0.1) is 11.8 Å². The minimum Gasteiger partial charge on any atom is -0.268 e. The predicted octanol–water partition coefficient (Wildman–Crippen LogP) is 3.42. The lowest BCUT2D eigenvalue weighted by molar-refractivity contribution is 0.0863. The van der Waals surface area contributed by atoms with E-state index in [1.165, 1.54) is 32.1 Å². The Hall–Kier alpha value is -0.600. The smallest absolute Gasteiger partial charge is 0.0950 e. The molecule has 90 valence electrons. The van der Waals surface area contributed by atoms with Crippen molar-refractivity contribution in [2.24, 2.45) is 22.2 Å². The molecule has 0 aromatic rings. The summed E-state index contributed by atoms with van der Waals surface area (Å²) in [6.45, 7) is 6.73. The van der Waals surface area contributed by atoms with Gasteiger partial charge in [0.05, 0.1) is 17.6 Å². The fraction of sp³-hybridized carbons (Fsp3) is 1.00. The Balaban J connectivity index is 1.74. The first-order chi connectivity index (χ1) is 7.55. The zero-order valence-corrected chi connectivity index (χ0v) is 10.7. The summed E-state index contributed by atoms with van der Waals surface area (Å²) >= 11 is 0. The average molecular weight is 221 g/mol. The first-order valence-electron chi connectivity index (χ1n) is 6.76. The monoisotopic (exact) mass is 221 g/mol. The summed E-state index contributed by atoms with van der Waals surface area (Å²) in [7, 11) is 0. The van der Waals surface area contributed by atoms with E-state index in [1.54, 1.807) is 0 Å². The van der Waals surface area contributed by atoms with Crippen LogP contribution in [-0.2, 0) is 0 Å². The molecule has 0 radical (unpaired) electrons. The zero-order valence-electron chi connectivity index (χ0n) is 10.7. The number of hydrogen-bond donors (Lipinski definition) is 0. The number of rotatable bonds is 0. The van der Waals surface area contributed by atoms with Crippen LogP contribution in [0.4, 0.5) is 0 Å². The van der Waals surface area contributed by atoms with Gasteiger partial charge in [-0.05, 0) is 64.7 Å². The van der Waals surface area contributed by atoms with Gasteiger partial charge in [-0.25, -0.2) is 0 Å². The van der Waals surface area contributed by atoms with Crippen molar-refractivity contribution in [3.63, 3.8) is 0 Å². The van der Waals surface area contributed by atoms with Crippen molar-refractivity contribution in [3.8, 4) is 0 Å². The van der Waals surface area contributed by atoms with Gasteiger partial charge < -0.3 is 0 Å². The Morgan fingerprint density at radius 1 is 1.00 bits per heavy atom. The molecule has 2 fully saturated rings. The first kappa shape index (κ1) is 10.5. The van der Waals surface area contributed by atoms with Crippen molar-refractivity contribution in [1.29, 1.82) is 0 Å². The molecule has 3 nitrogen and oxygen atoms in total. The van der Waals surface area contributed by atoms with E-state index in [0.29, 0.717) is 12.1 Å². The fourth-order valence-electron chi connectivity index (χ4n) is 3.41. The Kier molecular flexibility index (Phi) is 2.27. The molecule has 16 heavy (non-hydrogen) atoms. The van der Waals surface area contributed by atoms with Gasteiger partial charge in [0.2, 0.25) is 0 Å². The second-order valence-electron chi connectivity index (χ2n) is 6.77. The third-order valence-electron chi connectivity index (χ3n) is 4.48. The van der Waals surface area contributed by atoms with Crippen LogP contribution in [0.25, 0.3) is 0 Å². The third-order valence-corrected chi connectivity index (χ3v) is 4.48. The van der Waals surface area contributed by atoms with Gasteiger partial charge in [-0.2, -0.15) is 5.11 Å². The molecule has 0 aromatic heterocycles. The average Bonchev–Trinajstić information content (AvgIpc) is 2.76. The lowest BCUT2D eigenvalue weighted by Gasteiger charge is -2.36. The Morgan fingerprint density at radius 3 is 2.38 bits per heavy atom. The molecule has 4 atom stereocenters. The quantitative estimate of drug-likeness (QED) is 0.616. The summed E-state index contributed by atoms with van der Waals surface area (Å²) in [4.78, 5) is 0. The van der Waals surface area contributed by atoms with Crippen LogP contribution in [0.1, 0.15) is 52.9 Å². The molecule has 3 heteroatoms. The molecule has 2 aliphatic carbocycles. The maximum atomic E-state index is 4.51. The molecular formula is C13H23N3. The van der Waals surface area contributed by atoms with E-state index in [4.69, 9.17) is 0 Å². The molecule has 2 unspecified atom stereocenters. The molecule has 0 saturated heterocycles. The van der Waals surface area contributed by atoms with Gasteiger partial charge in [-0.1, -0.05) is 5.22 Å². The molecule has 0 amide bonds. The molecule has 3 aliphatic rings. The molecule has 0 N–H and O–H groups in total.